The monoisotopic (exact) mass is 683 g/mol. The third-order valence-corrected chi connectivity index (χ3v) is 10.8. The average molecular weight is 684 g/mol. The Hall–Kier alpha value is -4.76. The van der Waals surface area contributed by atoms with Crippen molar-refractivity contribution < 1.29 is 17.9 Å². The molecule has 1 spiro atoms. The molecule has 1 fully saturated rings. The Morgan fingerprint density at radius 2 is 1.42 bits per heavy atom. The van der Waals surface area contributed by atoms with Gasteiger partial charge in [-0.25, -0.2) is 0 Å². The molecule has 0 N–H and O–H groups in total. The van der Waals surface area contributed by atoms with Gasteiger partial charge in [-0.3, -0.25) is 0 Å². The van der Waals surface area contributed by atoms with Crippen LogP contribution in [0.25, 0.3) is 0 Å². The second kappa shape index (κ2) is 14.2. The number of unbranched alkanes of at least 4 members (excludes halogenated alkanes) is 1. The molecule has 0 radical (unpaired) electrons. The summed E-state index contributed by atoms with van der Waals surface area (Å²) < 4.78 is 43.8. The Balaban J connectivity index is 1.25. The number of benzene rings is 5. The number of ether oxygens (including phenoxy) is 2. The van der Waals surface area contributed by atoms with Crippen LogP contribution in [0.3, 0.4) is 0 Å². The molecule has 8 heteroatoms. The zero-order chi connectivity index (χ0) is 34.7. The van der Waals surface area contributed by atoms with E-state index in [0.29, 0.717) is 17.7 Å². The quantitative estimate of drug-likeness (QED) is 0.108. The van der Waals surface area contributed by atoms with E-state index >= 15 is 0 Å². The molecule has 0 unspecified atom stereocenters. The first-order valence-electron chi connectivity index (χ1n) is 17.3. The number of hydrogen-bond donors (Lipinski definition) is 0. The van der Waals surface area contributed by atoms with Crippen molar-refractivity contribution >= 4 is 27.6 Å². The first-order valence-corrected chi connectivity index (χ1v) is 18.7. The molecule has 7 nitrogen and oxygen atoms in total. The Labute approximate surface area is 294 Å². The SMILES string of the molecule is CCCCc1cc2c(c(N=Nc3cc(/C=N/S(=O)(=O)c4ccc(C)cc4)ccc3C)c1)C1(CC2)O[C@@H](c2ccccc2)[C@H](c2ccccc2)O1. The summed E-state index contributed by atoms with van der Waals surface area (Å²) in [5.41, 5.74) is 9.29. The van der Waals surface area contributed by atoms with Crippen LogP contribution in [0.5, 0.6) is 0 Å². The zero-order valence-corrected chi connectivity index (χ0v) is 29.4. The van der Waals surface area contributed by atoms with Gasteiger partial charge < -0.3 is 9.47 Å². The summed E-state index contributed by atoms with van der Waals surface area (Å²) in [4.78, 5) is 0.150. The van der Waals surface area contributed by atoms with Crippen molar-refractivity contribution in [1.82, 2.24) is 0 Å². The first kappa shape index (κ1) is 33.7. The van der Waals surface area contributed by atoms with Gasteiger partial charge >= 0.3 is 0 Å². The van der Waals surface area contributed by atoms with E-state index in [4.69, 9.17) is 19.7 Å². The lowest BCUT2D eigenvalue weighted by Gasteiger charge is -2.25. The third-order valence-electron chi connectivity index (χ3n) is 9.51. The molecule has 0 bridgehead atoms. The fraction of sp³-hybridized carbons (Fsp3) is 0.262. The van der Waals surface area contributed by atoms with Gasteiger partial charge in [0.1, 0.15) is 12.2 Å². The zero-order valence-electron chi connectivity index (χ0n) is 28.6. The topological polar surface area (TPSA) is 89.7 Å². The van der Waals surface area contributed by atoms with Crippen LogP contribution in [0.4, 0.5) is 11.4 Å². The summed E-state index contributed by atoms with van der Waals surface area (Å²) in [7, 11) is -3.85. The van der Waals surface area contributed by atoms with E-state index in [2.05, 4.69) is 47.7 Å². The molecule has 0 saturated carbocycles. The lowest BCUT2D eigenvalue weighted by atomic mass is 9.98. The summed E-state index contributed by atoms with van der Waals surface area (Å²) in [5.74, 6) is -0.984. The molecule has 2 atom stereocenters. The average Bonchev–Trinajstić information content (AvgIpc) is 3.71. The molecule has 1 heterocycles. The van der Waals surface area contributed by atoms with Gasteiger partial charge in [0, 0.05) is 18.2 Å². The fourth-order valence-electron chi connectivity index (χ4n) is 6.81. The Morgan fingerprint density at radius 1 is 0.780 bits per heavy atom. The maximum absolute atomic E-state index is 12.9. The fourth-order valence-corrected chi connectivity index (χ4v) is 7.67. The molecular formula is C42H41N3O4S. The predicted molar refractivity (Wildman–Crippen MR) is 197 cm³/mol. The normalized spacial score (nSPS) is 18.4. The molecule has 0 aromatic heterocycles. The summed E-state index contributed by atoms with van der Waals surface area (Å²) in [6.07, 6.45) is 5.35. The van der Waals surface area contributed by atoms with Crippen LogP contribution >= 0.6 is 0 Å². The van der Waals surface area contributed by atoms with Crippen molar-refractivity contribution in [3.05, 3.63) is 160 Å². The predicted octanol–water partition coefficient (Wildman–Crippen LogP) is 10.5. The number of hydrogen-bond acceptors (Lipinski definition) is 6. The van der Waals surface area contributed by atoms with Gasteiger partial charge in [0.2, 0.25) is 0 Å². The van der Waals surface area contributed by atoms with Crippen molar-refractivity contribution in [3.63, 3.8) is 0 Å². The Morgan fingerprint density at radius 3 is 2.06 bits per heavy atom. The lowest BCUT2D eigenvalue weighted by Crippen LogP contribution is -2.24. The largest absolute Gasteiger partial charge is 0.335 e. The standard InChI is InChI=1S/C42H41N3O4S/c1-4-5-12-31-25-35-23-24-42(48-40(33-13-8-6-9-14-33)41(49-42)34-15-10-7-11-16-34)39(35)38(26-31)45-44-37-27-32(20-19-30(37)3)28-43-50(46,47)36-21-17-29(2)18-22-36/h6-11,13-22,25-28,40-41H,4-5,12,23-24H2,1-3H3/b43-28+,45-44?/t40-,41-/m0/s1. The smallest absolute Gasteiger partial charge is 0.282 e. The number of fused-ring (bicyclic) bond motifs is 2. The Bertz CT molecular complexity index is 2100. The van der Waals surface area contributed by atoms with Crippen LogP contribution in [0, 0.1) is 13.8 Å². The van der Waals surface area contributed by atoms with Gasteiger partial charge in [-0.05, 0) is 90.8 Å². The molecule has 2 aliphatic rings. The van der Waals surface area contributed by atoms with Gasteiger partial charge in [0.05, 0.1) is 16.3 Å². The molecule has 5 aromatic rings. The van der Waals surface area contributed by atoms with E-state index in [1.54, 1.807) is 24.3 Å². The minimum Gasteiger partial charge on any atom is -0.335 e. The highest BCUT2D eigenvalue weighted by Gasteiger charge is 2.54. The van der Waals surface area contributed by atoms with Crippen LogP contribution in [0.2, 0.25) is 0 Å². The summed E-state index contributed by atoms with van der Waals surface area (Å²) in [6, 6.07) is 37.2. The number of aryl methyl sites for hydroxylation is 4. The molecule has 1 aliphatic heterocycles. The van der Waals surface area contributed by atoms with Crippen LogP contribution in [0.15, 0.2) is 135 Å². The van der Waals surface area contributed by atoms with E-state index in [0.717, 1.165) is 59.2 Å². The minimum atomic E-state index is -3.85. The Kier molecular flexibility index (Phi) is 9.60. The highest BCUT2D eigenvalue weighted by Crippen LogP contribution is 2.58. The van der Waals surface area contributed by atoms with E-state index in [1.807, 2.05) is 68.4 Å². The van der Waals surface area contributed by atoms with Crippen LogP contribution < -0.4 is 0 Å². The number of sulfonamides is 1. The van der Waals surface area contributed by atoms with Gasteiger partial charge in [0.25, 0.3) is 10.0 Å². The van der Waals surface area contributed by atoms with E-state index in [9.17, 15) is 8.42 Å². The van der Waals surface area contributed by atoms with Crippen LogP contribution in [-0.4, -0.2) is 14.6 Å². The van der Waals surface area contributed by atoms with Gasteiger partial charge in [-0.15, -0.1) is 0 Å². The van der Waals surface area contributed by atoms with Crippen molar-refractivity contribution in [2.24, 2.45) is 14.6 Å². The molecule has 0 amide bonds. The van der Waals surface area contributed by atoms with Crippen molar-refractivity contribution in [1.29, 1.82) is 0 Å². The second-order valence-corrected chi connectivity index (χ2v) is 14.8. The van der Waals surface area contributed by atoms with E-state index in [1.165, 1.54) is 17.3 Å². The maximum atomic E-state index is 12.9. The van der Waals surface area contributed by atoms with Crippen molar-refractivity contribution in [3.8, 4) is 0 Å². The highest BCUT2D eigenvalue weighted by molar-refractivity contribution is 7.90. The summed E-state index contributed by atoms with van der Waals surface area (Å²) in [6.45, 7) is 6.07. The number of rotatable bonds is 10. The number of azo groups is 1. The third kappa shape index (κ3) is 6.97. The highest BCUT2D eigenvalue weighted by atomic mass is 32.2. The molecule has 1 saturated heterocycles. The maximum Gasteiger partial charge on any atom is 0.282 e. The lowest BCUT2D eigenvalue weighted by molar-refractivity contribution is -0.183. The molecule has 50 heavy (non-hydrogen) atoms. The molecule has 1 aliphatic carbocycles. The van der Waals surface area contributed by atoms with Crippen molar-refractivity contribution in [2.45, 2.75) is 75.8 Å². The molecule has 254 valence electrons. The van der Waals surface area contributed by atoms with E-state index in [-0.39, 0.29) is 17.1 Å². The van der Waals surface area contributed by atoms with Gasteiger partial charge in [-0.1, -0.05) is 110 Å². The first-order chi connectivity index (χ1) is 24.2. The number of nitrogens with zero attached hydrogens (tertiary/aromatic N) is 3. The second-order valence-electron chi connectivity index (χ2n) is 13.2. The minimum absolute atomic E-state index is 0.150. The summed E-state index contributed by atoms with van der Waals surface area (Å²) in [5, 5.41) is 9.66. The molecule has 5 aromatic carbocycles. The van der Waals surface area contributed by atoms with Gasteiger partial charge in [0.15, 0.2) is 5.79 Å². The molecule has 7 rings (SSSR count). The van der Waals surface area contributed by atoms with Crippen LogP contribution in [0.1, 0.15) is 82.9 Å². The van der Waals surface area contributed by atoms with Crippen LogP contribution in [-0.2, 0) is 38.1 Å². The summed E-state index contributed by atoms with van der Waals surface area (Å²) >= 11 is 0. The van der Waals surface area contributed by atoms with Gasteiger partial charge in [-0.2, -0.15) is 23.0 Å². The van der Waals surface area contributed by atoms with E-state index < -0.39 is 15.8 Å². The molecular weight excluding hydrogens is 643 g/mol. The van der Waals surface area contributed by atoms with Crippen molar-refractivity contribution in [2.75, 3.05) is 0 Å².